The van der Waals surface area contributed by atoms with Crippen LogP contribution in [-0.4, -0.2) is 26.6 Å². The van der Waals surface area contributed by atoms with Gasteiger partial charge in [0.1, 0.15) is 12.4 Å². The number of rotatable bonds is 5. The van der Waals surface area contributed by atoms with E-state index in [0.29, 0.717) is 4.88 Å². The van der Waals surface area contributed by atoms with Gasteiger partial charge in [-0.2, -0.15) is 5.10 Å². The summed E-state index contributed by atoms with van der Waals surface area (Å²) in [6, 6.07) is 10.5. The number of imidazole rings is 1. The number of amides is 1. The summed E-state index contributed by atoms with van der Waals surface area (Å²) in [6.45, 7) is 1.93. The lowest BCUT2D eigenvalue weighted by atomic mass is 10.3. The molecule has 3 rings (SSSR count). The first-order valence-corrected chi connectivity index (χ1v) is 7.84. The topological polar surface area (TPSA) is 102 Å². The average molecular weight is 343 g/mol. The number of carbonyl (C=O) groups is 1. The van der Waals surface area contributed by atoms with Gasteiger partial charge in [-0.3, -0.25) is 14.9 Å². The van der Waals surface area contributed by atoms with E-state index in [1.807, 2.05) is 31.2 Å². The van der Waals surface area contributed by atoms with Crippen LogP contribution in [0.1, 0.15) is 10.7 Å². The lowest BCUT2D eigenvalue weighted by Crippen LogP contribution is -2.23. The lowest BCUT2D eigenvalue weighted by Gasteiger charge is -2.05. The van der Waals surface area contributed by atoms with Gasteiger partial charge in [0.25, 0.3) is 5.91 Å². The molecule has 0 aliphatic carbocycles. The van der Waals surface area contributed by atoms with Crippen molar-refractivity contribution in [2.45, 2.75) is 13.5 Å². The fourth-order valence-corrected chi connectivity index (χ4v) is 2.95. The Morgan fingerprint density at radius 1 is 1.42 bits per heavy atom. The number of hydrogen-bond acceptors (Lipinski definition) is 6. The molecule has 0 fully saturated rings. The van der Waals surface area contributed by atoms with Crippen LogP contribution in [0.4, 0.5) is 5.00 Å². The van der Waals surface area contributed by atoms with Crippen LogP contribution in [0, 0.1) is 17.0 Å². The first kappa shape index (κ1) is 15.8. The van der Waals surface area contributed by atoms with Crippen LogP contribution < -0.4 is 5.43 Å². The highest BCUT2D eigenvalue weighted by Crippen LogP contribution is 2.22. The molecule has 0 saturated carbocycles. The van der Waals surface area contributed by atoms with Crippen LogP contribution >= 0.6 is 11.3 Å². The van der Waals surface area contributed by atoms with Crippen LogP contribution in [0.5, 0.6) is 0 Å². The van der Waals surface area contributed by atoms with Crippen molar-refractivity contribution in [3.8, 4) is 0 Å². The molecule has 9 heteroatoms. The second-order valence-corrected chi connectivity index (χ2v) is 6.05. The molecule has 0 radical (unpaired) electrons. The van der Waals surface area contributed by atoms with Crippen molar-refractivity contribution in [3.05, 3.63) is 57.2 Å². The molecule has 1 amide bonds. The Hall–Kier alpha value is -3.07. The summed E-state index contributed by atoms with van der Waals surface area (Å²) in [5.41, 5.74) is 4.13. The number of benzene rings is 1. The third-order valence-corrected chi connectivity index (χ3v) is 4.29. The predicted octanol–water partition coefficient (Wildman–Crippen LogP) is 2.46. The van der Waals surface area contributed by atoms with E-state index in [1.54, 1.807) is 10.6 Å². The van der Waals surface area contributed by atoms with Crippen LogP contribution in [-0.2, 0) is 11.3 Å². The standard InChI is InChI=1S/C15H13N5O3S/c1-10-17-12-4-2-3-5-13(12)19(10)9-14(21)18-16-8-11-6-7-15(24-11)20(22)23/h2-8H,9H2,1H3,(H,18,21)/b16-8-. The molecule has 3 aromatic rings. The largest absolute Gasteiger partial charge is 0.324 e. The number of hydrogen-bond donors (Lipinski definition) is 1. The number of carbonyl (C=O) groups excluding carboxylic acids is 1. The Kier molecular flexibility index (Phi) is 4.34. The van der Waals surface area contributed by atoms with Crippen LogP contribution in [0.25, 0.3) is 11.0 Å². The Labute approximate surface area is 140 Å². The minimum Gasteiger partial charge on any atom is -0.319 e. The first-order valence-electron chi connectivity index (χ1n) is 7.02. The van der Waals surface area contributed by atoms with Crippen molar-refractivity contribution >= 4 is 39.5 Å². The average Bonchev–Trinajstić information content (AvgIpc) is 3.13. The number of aryl methyl sites for hydroxylation is 1. The molecule has 122 valence electrons. The van der Waals surface area contributed by atoms with Gasteiger partial charge in [-0.15, -0.1) is 0 Å². The fourth-order valence-electron chi connectivity index (χ4n) is 2.25. The first-order chi connectivity index (χ1) is 11.5. The van der Waals surface area contributed by atoms with Gasteiger partial charge < -0.3 is 4.57 Å². The van der Waals surface area contributed by atoms with E-state index in [9.17, 15) is 14.9 Å². The molecule has 1 aromatic carbocycles. The second kappa shape index (κ2) is 6.59. The Bertz CT molecular complexity index is 944. The summed E-state index contributed by atoms with van der Waals surface area (Å²) in [6.07, 6.45) is 1.38. The summed E-state index contributed by atoms with van der Waals surface area (Å²) in [5, 5.41) is 14.5. The van der Waals surface area contributed by atoms with Crippen molar-refractivity contribution in [3.63, 3.8) is 0 Å². The monoisotopic (exact) mass is 343 g/mol. The van der Waals surface area contributed by atoms with E-state index >= 15 is 0 Å². The SMILES string of the molecule is Cc1nc2ccccc2n1CC(=O)N/N=C\c1ccc([N+](=O)[O-])s1. The molecule has 8 nitrogen and oxygen atoms in total. The van der Waals surface area contributed by atoms with E-state index in [1.165, 1.54) is 12.3 Å². The van der Waals surface area contributed by atoms with Gasteiger partial charge in [0.05, 0.1) is 27.0 Å². The highest BCUT2D eigenvalue weighted by Gasteiger charge is 2.10. The number of nitrogens with one attached hydrogen (secondary N) is 1. The van der Waals surface area contributed by atoms with Crippen LogP contribution in [0.15, 0.2) is 41.5 Å². The zero-order chi connectivity index (χ0) is 17.1. The Morgan fingerprint density at radius 3 is 2.96 bits per heavy atom. The molecule has 24 heavy (non-hydrogen) atoms. The molecule has 0 unspecified atom stereocenters. The number of thiophene rings is 1. The summed E-state index contributed by atoms with van der Waals surface area (Å²) < 4.78 is 1.80. The van der Waals surface area contributed by atoms with Gasteiger partial charge in [-0.05, 0) is 25.1 Å². The lowest BCUT2D eigenvalue weighted by molar-refractivity contribution is -0.380. The Morgan fingerprint density at radius 2 is 2.21 bits per heavy atom. The van der Waals surface area contributed by atoms with E-state index in [-0.39, 0.29) is 17.5 Å². The van der Waals surface area contributed by atoms with Gasteiger partial charge in [-0.1, -0.05) is 23.5 Å². The number of fused-ring (bicyclic) bond motifs is 1. The summed E-state index contributed by atoms with van der Waals surface area (Å²) in [7, 11) is 0. The molecule has 0 saturated heterocycles. The molecule has 2 aromatic heterocycles. The maximum absolute atomic E-state index is 12.0. The molecular formula is C15H13N5O3S. The van der Waals surface area contributed by atoms with E-state index in [0.717, 1.165) is 28.2 Å². The highest BCUT2D eigenvalue weighted by atomic mass is 32.1. The number of hydrazone groups is 1. The summed E-state index contributed by atoms with van der Waals surface area (Å²) >= 11 is 0.987. The highest BCUT2D eigenvalue weighted by molar-refractivity contribution is 7.16. The quantitative estimate of drug-likeness (QED) is 0.436. The molecule has 0 bridgehead atoms. The molecule has 0 spiro atoms. The number of para-hydroxylation sites is 2. The maximum Gasteiger partial charge on any atom is 0.324 e. The summed E-state index contributed by atoms with van der Waals surface area (Å²) in [5.74, 6) is 0.438. The van der Waals surface area contributed by atoms with Crippen molar-refractivity contribution in [1.82, 2.24) is 15.0 Å². The van der Waals surface area contributed by atoms with E-state index in [2.05, 4.69) is 15.5 Å². The van der Waals surface area contributed by atoms with Gasteiger partial charge in [0, 0.05) is 6.07 Å². The molecule has 0 aliphatic rings. The summed E-state index contributed by atoms with van der Waals surface area (Å²) in [4.78, 5) is 27.2. The third-order valence-electron chi connectivity index (χ3n) is 3.32. The molecular weight excluding hydrogens is 330 g/mol. The Balaban J connectivity index is 1.65. The molecule has 0 aliphatic heterocycles. The zero-order valence-electron chi connectivity index (χ0n) is 12.7. The minimum atomic E-state index is -0.465. The maximum atomic E-state index is 12.0. The van der Waals surface area contributed by atoms with E-state index < -0.39 is 4.92 Å². The van der Waals surface area contributed by atoms with Crippen LogP contribution in [0.3, 0.4) is 0 Å². The molecule has 1 N–H and O–H groups in total. The van der Waals surface area contributed by atoms with Gasteiger partial charge >= 0.3 is 5.00 Å². The molecule has 0 atom stereocenters. The number of nitrogens with zero attached hydrogens (tertiary/aromatic N) is 4. The van der Waals surface area contributed by atoms with Crippen molar-refractivity contribution in [2.75, 3.05) is 0 Å². The normalized spacial score (nSPS) is 11.2. The number of aromatic nitrogens is 2. The van der Waals surface area contributed by atoms with Crippen LogP contribution in [0.2, 0.25) is 0 Å². The second-order valence-electron chi connectivity index (χ2n) is 4.96. The van der Waals surface area contributed by atoms with Crippen molar-refractivity contribution in [1.29, 1.82) is 0 Å². The zero-order valence-corrected chi connectivity index (χ0v) is 13.5. The van der Waals surface area contributed by atoms with Gasteiger partial charge in [-0.25, -0.2) is 10.4 Å². The van der Waals surface area contributed by atoms with Gasteiger partial charge in [0.15, 0.2) is 0 Å². The third kappa shape index (κ3) is 3.30. The van der Waals surface area contributed by atoms with Crippen molar-refractivity contribution < 1.29 is 9.72 Å². The predicted molar refractivity (Wildman–Crippen MR) is 91.2 cm³/mol. The minimum absolute atomic E-state index is 0.0308. The fraction of sp³-hybridized carbons (Fsp3) is 0.133. The smallest absolute Gasteiger partial charge is 0.319 e. The van der Waals surface area contributed by atoms with Crippen molar-refractivity contribution in [2.24, 2.45) is 5.10 Å². The number of nitro groups is 1. The van der Waals surface area contributed by atoms with Gasteiger partial charge in [0.2, 0.25) is 0 Å². The van der Waals surface area contributed by atoms with E-state index in [4.69, 9.17) is 0 Å². The molecule has 2 heterocycles.